The van der Waals surface area contributed by atoms with Crippen LogP contribution in [0.2, 0.25) is 0 Å². The van der Waals surface area contributed by atoms with Crippen LogP contribution in [0.5, 0.6) is 11.6 Å². The number of nitrogens with zero attached hydrogens (tertiary/aromatic N) is 1. The average Bonchev–Trinajstić information content (AvgIpc) is 2.55. The van der Waals surface area contributed by atoms with Crippen LogP contribution in [0.15, 0.2) is 39.0 Å². The summed E-state index contributed by atoms with van der Waals surface area (Å²) in [7, 11) is 0. The second-order valence-corrected chi connectivity index (χ2v) is 4.75. The molecule has 1 amide bonds. The number of aromatic hydroxyl groups is 1. The molecule has 9 nitrogen and oxygen atoms in total. The van der Waals surface area contributed by atoms with E-state index in [4.69, 9.17) is 4.74 Å². The van der Waals surface area contributed by atoms with E-state index >= 15 is 0 Å². The van der Waals surface area contributed by atoms with E-state index in [1.165, 1.54) is 0 Å². The number of hydrazone groups is 1. The fraction of sp³-hybridized carbons (Fsp3) is 0.200. The number of amides is 1. The van der Waals surface area contributed by atoms with Gasteiger partial charge >= 0.3 is 5.69 Å². The fourth-order valence-electron chi connectivity index (χ4n) is 1.78. The molecule has 0 aliphatic heterocycles. The lowest BCUT2D eigenvalue weighted by Gasteiger charge is -2.05. The summed E-state index contributed by atoms with van der Waals surface area (Å²) in [6.45, 7) is 1.77. The number of carbonyl (C=O) groups excluding carboxylic acids is 1. The molecular weight excluding hydrogens is 316 g/mol. The number of hydrogen-bond donors (Lipinski definition) is 4. The van der Waals surface area contributed by atoms with Crippen LogP contribution in [0.25, 0.3) is 0 Å². The minimum absolute atomic E-state index is 0.267. The van der Waals surface area contributed by atoms with E-state index in [1.807, 2.05) is 29.0 Å². The van der Waals surface area contributed by atoms with Gasteiger partial charge in [0.25, 0.3) is 11.5 Å². The standard InChI is InChI=1S/C15H16N4O5/c1-2-9-3-5-10(6-4-9)24-8-12(20)19-16-7-11-13(21)17-15(23)18-14(11)22/h3-7H,2,8H2,1H3,(H,19,20)(H3,17,18,21,22,23). The zero-order valence-electron chi connectivity index (χ0n) is 12.8. The Labute approximate surface area is 136 Å². The maximum atomic E-state index is 11.6. The SMILES string of the molecule is CCc1ccc(OCC(=O)NN=Cc2c(O)[nH]c(=O)[nH]c2=O)cc1. The van der Waals surface area contributed by atoms with E-state index in [2.05, 4.69) is 10.5 Å². The summed E-state index contributed by atoms with van der Waals surface area (Å²) in [5.41, 5.74) is 1.33. The Morgan fingerprint density at radius 1 is 1.29 bits per heavy atom. The molecule has 4 N–H and O–H groups in total. The predicted molar refractivity (Wildman–Crippen MR) is 86.4 cm³/mol. The van der Waals surface area contributed by atoms with Crippen LogP contribution in [0.4, 0.5) is 0 Å². The molecule has 1 aromatic carbocycles. The van der Waals surface area contributed by atoms with Crippen LogP contribution in [-0.2, 0) is 11.2 Å². The Morgan fingerprint density at radius 3 is 2.62 bits per heavy atom. The van der Waals surface area contributed by atoms with Crippen molar-refractivity contribution in [1.29, 1.82) is 0 Å². The number of benzene rings is 1. The Morgan fingerprint density at radius 2 is 2.00 bits per heavy atom. The Kier molecular flexibility index (Phi) is 5.50. The van der Waals surface area contributed by atoms with Gasteiger partial charge in [0.15, 0.2) is 6.61 Å². The fourth-order valence-corrected chi connectivity index (χ4v) is 1.78. The van der Waals surface area contributed by atoms with Gasteiger partial charge in [0.05, 0.1) is 6.21 Å². The molecule has 0 saturated heterocycles. The van der Waals surface area contributed by atoms with Crippen LogP contribution in [0.3, 0.4) is 0 Å². The van der Waals surface area contributed by atoms with Gasteiger partial charge in [-0.15, -0.1) is 0 Å². The van der Waals surface area contributed by atoms with Crippen LogP contribution in [-0.4, -0.2) is 33.8 Å². The Balaban J connectivity index is 1.89. The number of aromatic amines is 2. The number of hydrogen-bond acceptors (Lipinski definition) is 6. The quantitative estimate of drug-likeness (QED) is 0.431. The molecule has 0 radical (unpaired) electrons. The van der Waals surface area contributed by atoms with E-state index in [1.54, 1.807) is 12.1 Å². The highest BCUT2D eigenvalue weighted by Gasteiger charge is 2.06. The van der Waals surface area contributed by atoms with Crippen molar-refractivity contribution in [3.05, 3.63) is 56.2 Å². The highest BCUT2D eigenvalue weighted by Crippen LogP contribution is 2.12. The minimum Gasteiger partial charge on any atom is -0.494 e. The first-order valence-electron chi connectivity index (χ1n) is 7.08. The first-order valence-corrected chi connectivity index (χ1v) is 7.08. The number of carbonyl (C=O) groups is 1. The normalized spacial score (nSPS) is 10.7. The molecule has 1 heterocycles. The third-order valence-corrected chi connectivity index (χ3v) is 3.04. The lowest BCUT2D eigenvalue weighted by molar-refractivity contribution is -0.123. The van der Waals surface area contributed by atoms with Gasteiger partial charge in [0, 0.05) is 0 Å². The van der Waals surface area contributed by atoms with Gasteiger partial charge in [-0.1, -0.05) is 19.1 Å². The van der Waals surface area contributed by atoms with E-state index in [9.17, 15) is 19.5 Å². The predicted octanol–water partition coefficient (Wildman–Crippen LogP) is -0.140. The highest BCUT2D eigenvalue weighted by atomic mass is 16.5. The van der Waals surface area contributed by atoms with Crippen molar-refractivity contribution in [3.8, 4) is 11.6 Å². The van der Waals surface area contributed by atoms with Gasteiger partial charge in [0.2, 0.25) is 5.88 Å². The number of H-pyrrole nitrogens is 2. The van der Waals surface area contributed by atoms with Crippen molar-refractivity contribution in [2.75, 3.05) is 6.61 Å². The second kappa shape index (κ2) is 7.77. The third-order valence-electron chi connectivity index (χ3n) is 3.04. The van der Waals surface area contributed by atoms with Crippen molar-refractivity contribution < 1.29 is 14.6 Å². The summed E-state index contributed by atoms with van der Waals surface area (Å²) >= 11 is 0. The van der Waals surface area contributed by atoms with Crippen LogP contribution >= 0.6 is 0 Å². The molecule has 9 heteroatoms. The smallest absolute Gasteiger partial charge is 0.328 e. The molecule has 126 valence electrons. The van der Waals surface area contributed by atoms with E-state index in [-0.39, 0.29) is 12.2 Å². The molecule has 0 saturated carbocycles. The van der Waals surface area contributed by atoms with Crippen molar-refractivity contribution in [2.24, 2.45) is 5.10 Å². The molecule has 0 spiro atoms. The third kappa shape index (κ3) is 4.57. The summed E-state index contributed by atoms with van der Waals surface area (Å²) < 4.78 is 5.28. The Bertz CT molecular complexity index is 851. The topological polar surface area (TPSA) is 137 Å². The highest BCUT2D eigenvalue weighted by molar-refractivity contribution is 5.84. The van der Waals surface area contributed by atoms with Gasteiger partial charge in [-0.25, -0.2) is 10.2 Å². The first-order chi connectivity index (χ1) is 11.5. The average molecular weight is 332 g/mol. The molecule has 0 aliphatic carbocycles. The number of aromatic nitrogens is 2. The molecule has 0 atom stereocenters. The number of aryl methyl sites for hydroxylation is 1. The monoisotopic (exact) mass is 332 g/mol. The number of rotatable bonds is 6. The summed E-state index contributed by atoms with van der Waals surface area (Å²) in [4.78, 5) is 37.8. The van der Waals surface area contributed by atoms with Crippen LogP contribution in [0, 0.1) is 0 Å². The molecule has 0 aliphatic rings. The van der Waals surface area contributed by atoms with Crippen LogP contribution in [0.1, 0.15) is 18.1 Å². The summed E-state index contributed by atoms with van der Waals surface area (Å²) in [6, 6.07) is 7.31. The zero-order chi connectivity index (χ0) is 17.5. The molecule has 0 unspecified atom stereocenters. The second-order valence-electron chi connectivity index (χ2n) is 4.75. The van der Waals surface area contributed by atoms with Crippen molar-refractivity contribution >= 4 is 12.1 Å². The number of nitrogens with one attached hydrogen (secondary N) is 3. The van der Waals surface area contributed by atoms with E-state index < -0.39 is 23.0 Å². The first kappa shape index (κ1) is 17.0. The molecule has 2 rings (SSSR count). The lowest BCUT2D eigenvalue weighted by atomic mass is 10.2. The molecule has 1 aromatic heterocycles. The van der Waals surface area contributed by atoms with Gasteiger partial charge in [-0.3, -0.25) is 19.6 Å². The lowest BCUT2D eigenvalue weighted by Crippen LogP contribution is -2.27. The van der Waals surface area contributed by atoms with Gasteiger partial charge < -0.3 is 9.84 Å². The summed E-state index contributed by atoms with van der Waals surface area (Å²) in [5.74, 6) is -0.652. The van der Waals surface area contributed by atoms with Crippen molar-refractivity contribution in [2.45, 2.75) is 13.3 Å². The molecule has 2 aromatic rings. The number of ether oxygens (including phenoxy) is 1. The Hall–Kier alpha value is -3.36. The summed E-state index contributed by atoms with van der Waals surface area (Å²) in [5, 5.41) is 13.0. The van der Waals surface area contributed by atoms with Gasteiger partial charge in [-0.2, -0.15) is 5.10 Å². The maximum Gasteiger partial charge on any atom is 0.328 e. The molecule has 24 heavy (non-hydrogen) atoms. The van der Waals surface area contributed by atoms with Gasteiger partial charge in [-0.05, 0) is 24.1 Å². The maximum absolute atomic E-state index is 11.6. The van der Waals surface area contributed by atoms with Gasteiger partial charge in [0.1, 0.15) is 11.3 Å². The molecule has 0 fully saturated rings. The van der Waals surface area contributed by atoms with E-state index in [0.29, 0.717) is 5.75 Å². The van der Waals surface area contributed by atoms with Crippen molar-refractivity contribution in [3.63, 3.8) is 0 Å². The van der Waals surface area contributed by atoms with Crippen LogP contribution < -0.4 is 21.4 Å². The largest absolute Gasteiger partial charge is 0.494 e. The molecule has 0 bridgehead atoms. The summed E-state index contributed by atoms with van der Waals surface area (Å²) in [6.07, 6.45) is 1.82. The minimum atomic E-state index is -0.846. The molecular formula is C15H16N4O5. The van der Waals surface area contributed by atoms with Crippen molar-refractivity contribution in [1.82, 2.24) is 15.4 Å². The zero-order valence-corrected chi connectivity index (χ0v) is 12.8. The van der Waals surface area contributed by atoms with E-state index in [0.717, 1.165) is 18.2 Å².